The normalized spacial score (nSPS) is 10.4. The van der Waals surface area contributed by atoms with E-state index in [4.69, 9.17) is 9.47 Å². The van der Waals surface area contributed by atoms with Gasteiger partial charge in [0.05, 0.1) is 0 Å². The smallest absolute Gasteiger partial charge is 0.302 e. The van der Waals surface area contributed by atoms with E-state index in [2.05, 4.69) is 0 Å². The molecular formula is C20H21O5-. The van der Waals surface area contributed by atoms with Gasteiger partial charge >= 0.3 is 5.97 Å². The molecule has 0 bridgehead atoms. The molecule has 5 nitrogen and oxygen atoms in total. The minimum atomic E-state index is -1.09. The lowest BCUT2D eigenvalue weighted by Crippen LogP contribution is -2.24. The molecule has 0 aliphatic carbocycles. The highest BCUT2D eigenvalue weighted by Gasteiger charge is 2.09. The number of esters is 1. The van der Waals surface area contributed by atoms with Crippen LogP contribution in [0.25, 0.3) is 11.1 Å². The monoisotopic (exact) mass is 341 g/mol. The molecule has 2 rings (SSSR count). The molecule has 0 N–H and O–H groups in total. The summed E-state index contributed by atoms with van der Waals surface area (Å²) in [4.78, 5) is 21.4. The van der Waals surface area contributed by atoms with Gasteiger partial charge in [0.2, 0.25) is 0 Å². The lowest BCUT2D eigenvalue weighted by atomic mass is 9.94. The van der Waals surface area contributed by atoms with Crippen molar-refractivity contribution >= 4 is 11.9 Å². The molecule has 0 aromatic heterocycles. The van der Waals surface area contributed by atoms with E-state index in [0.717, 1.165) is 28.0 Å². The molecule has 0 aliphatic rings. The van der Waals surface area contributed by atoms with Gasteiger partial charge in [0.15, 0.2) is 0 Å². The van der Waals surface area contributed by atoms with Gasteiger partial charge in [0.25, 0.3) is 0 Å². The summed E-state index contributed by atoms with van der Waals surface area (Å²) < 4.78 is 10.5. The second-order valence-electron chi connectivity index (χ2n) is 5.87. The van der Waals surface area contributed by atoms with Crippen LogP contribution in [0.5, 0.6) is 5.75 Å². The van der Waals surface area contributed by atoms with Gasteiger partial charge in [0, 0.05) is 19.3 Å². The summed E-state index contributed by atoms with van der Waals surface area (Å²) in [6.45, 7) is 5.87. The molecule has 0 heterocycles. The summed E-state index contributed by atoms with van der Waals surface area (Å²) in [6.07, 6.45) is -0.0899. The van der Waals surface area contributed by atoms with Crippen molar-refractivity contribution in [1.82, 2.24) is 0 Å². The Hall–Kier alpha value is -2.82. The number of rotatable bonds is 7. The highest BCUT2D eigenvalue weighted by atomic mass is 16.6. The molecule has 2 aromatic carbocycles. The quantitative estimate of drug-likeness (QED) is 0.570. The number of carboxylic acids is 1. The zero-order chi connectivity index (χ0) is 18.4. The van der Waals surface area contributed by atoms with Crippen LogP contribution in [-0.4, -0.2) is 25.2 Å². The molecule has 0 aliphatic heterocycles. The number of ether oxygens (including phenoxy) is 2. The number of hydrogen-bond acceptors (Lipinski definition) is 5. The predicted molar refractivity (Wildman–Crippen MR) is 92.2 cm³/mol. The molecule has 132 valence electrons. The number of aliphatic carboxylic acids is 1. The van der Waals surface area contributed by atoms with Crippen molar-refractivity contribution < 1.29 is 24.2 Å². The number of hydrogen-bond donors (Lipinski definition) is 0. The van der Waals surface area contributed by atoms with Gasteiger partial charge in [-0.2, -0.15) is 0 Å². The van der Waals surface area contributed by atoms with Crippen LogP contribution < -0.4 is 9.84 Å². The van der Waals surface area contributed by atoms with Gasteiger partial charge in [-0.1, -0.05) is 24.3 Å². The highest BCUT2D eigenvalue weighted by molar-refractivity contribution is 5.73. The van der Waals surface area contributed by atoms with Crippen LogP contribution in [0.4, 0.5) is 0 Å². The van der Waals surface area contributed by atoms with Crippen molar-refractivity contribution in [2.45, 2.75) is 27.2 Å². The van der Waals surface area contributed by atoms with Gasteiger partial charge in [-0.25, -0.2) is 0 Å². The summed E-state index contributed by atoms with van der Waals surface area (Å²) in [5.41, 5.74) is 4.92. The average molecular weight is 341 g/mol. The Balaban J connectivity index is 2.13. The van der Waals surface area contributed by atoms with E-state index in [9.17, 15) is 14.7 Å². The van der Waals surface area contributed by atoms with Crippen molar-refractivity contribution in [3.63, 3.8) is 0 Å². The van der Waals surface area contributed by atoms with Gasteiger partial charge in [-0.3, -0.25) is 4.79 Å². The van der Waals surface area contributed by atoms with Crippen LogP contribution in [0.2, 0.25) is 0 Å². The van der Waals surface area contributed by atoms with Gasteiger partial charge < -0.3 is 19.4 Å². The van der Waals surface area contributed by atoms with Crippen LogP contribution in [0.3, 0.4) is 0 Å². The summed E-state index contributed by atoms with van der Waals surface area (Å²) in [6, 6.07) is 11.3. The fraction of sp³-hybridized carbons (Fsp3) is 0.300. The number of aryl methyl sites for hydroxylation is 2. The van der Waals surface area contributed by atoms with Crippen LogP contribution in [-0.2, 0) is 20.7 Å². The van der Waals surface area contributed by atoms with E-state index >= 15 is 0 Å². The second kappa shape index (κ2) is 8.33. The topological polar surface area (TPSA) is 75.7 Å². The SMILES string of the molecule is CC(=O)OCCOc1cc(C)c(-c2ccc(CC(=O)[O-])cc2)c(C)c1. The van der Waals surface area contributed by atoms with E-state index in [0.29, 0.717) is 12.2 Å². The fourth-order valence-electron chi connectivity index (χ4n) is 2.76. The molecule has 0 spiro atoms. The largest absolute Gasteiger partial charge is 0.550 e. The number of carboxylic acid groups (broad SMARTS) is 1. The Kier molecular flexibility index (Phi) is 6.17. The third-order valence-electron chi connectivity index (χ3n) is 3.75. The maximum absolute atomic E-state index is 10.7. The lowest BCUT2D eigenvalue weighted by molar-refractivity contribution is -0.304. The number of carbonyl (C=O) groups excluding carboxylic acids is 2. The van der Waals surface area contributed by atoms with E-state index < -0.39 is 5.97 Å². The summed E-state index contributed by atoms with van der Waals surface area (Å²) in [7, 11) is 0. The predicted octanol–water partition coefficient (Wildman–Crippen LogP) is 2.20. The summed E-state index contributed by atoms with van der Waals surface area (Å²) in [5, 5.41) is 10.7. The van der Waals surface area contributed by atoms with E-state index in [1.54, 1.807) is 12.1 Å². The molecule has 0 radical (unpaired) electrons. The molecule has 0 saturated carbocycles. The van der Waals surface area contributed by atoms with Crippen molar-refractivity contribution in [3.8, 4) is 16.9 Å². The first-order chi connectivity index (χ1) is 11.9. The molecule has 0 atom stereocenters. The van der Waals surface area contributed by atoms with Gasteiger partial charge in [-0.15, -0.1) is 0 Å². The number of benzene rings is 2. The molecule has 25 heavy (non-hydrogen) atoms. The van der Waals surface area contributed by atoms with Crippen molar-refractivity contribution in [1.29, 1.82) is 0 Å². The molecule has 0 unspecified atom stereocenters. The maximum Gasteiger partial charge on any atom is 0.302 e. The Morgan fingerprint density at radius 3 is 2.12 bits per heavy atom. The van der Waals surface area contributed by atoms with Crippen molar-refractivity contribution in [2.24, 2.45) is 0 Å². The fourth-order valence-corrected chi connectivity index (χ4v) is 2.76. The third-order valence-corrected chi connectivity index (χ3v) is 3.75. The molecule has 2 aromatic rings. The summed E-state index contributed by atoms with van der Waals surface area (Å²) in [5.74, 6) is -0.691. The standard InChI is InChI=1S/C20H22O5/c1-13-10-18(25-9-8-24-15(3)21)11-14(2)20(13)17-6-4-16(5-7-17)12-19(22)23/h4-7,10-11H,8-9,12H2,1-3H3,(H,22,23)/p-1. The molecule has 0 amide bonds. The Morgan fingerprint density at radius 1 is 1.00 bits per heavy atom. The first kappa shape index (κ1) is 18.5. The van der Waals surface area contributed by atoms with Crippen LogP contribution in [0.15, 0.2) is 36.4 Å². The highest BCUT2D eigenvalue weighted by Crippen LogP contribution is 2.31. The van der Waals surface area contributed by atoms with E-state index in [-0.39, 0.29) is 19.0 Å². The van der Waals surface area contributed by atoms with E-state index in [1.807, 2.05) is 38.1 Å². The van der Waals surface area contributed by atoms with Crippen LogP contribution in [0.1, 0.15) is 23.6 Å². The zero-order valence-corrected chi connectivity index (χ0v) is 14.6. The first-order valence-electron chi connectivity index (χ1n) is 8.03. The molecular weight excluding hydrogens is 320 g/mol. The van der Waals surface area contributed by atoms with E-state index in [1.165, 1.54) is 6.92 Å². The second-order valence-corrected chi connectivity index (χ2v) is 5.87. The maximum atomic E-state index is 10.7. The first-order valence-corrected chi connectivity index (χ1v) is 8.03. The lowest BCUT2D eigenvalue weighted by Gasteiger charge is -2.14. The Labute approximate surface area is 147 Å². The third kappa shape index (κ3) is 5.35. The molecule has 5 heteroatoms. The Bertz CT molecular complexity index is 739. The molecule has 0 fully saturated rings. The minimum Gasteiger partial charge on any atom is -0.550 e. The van der Waals surface area contributed by atoms with Gasteiger partial charge in [0.1, 0.15) is 19.0 Å². The minimum absolute atomic E-state index is 0.0899. The Morgan fingerprint density at radius 2 is 1.60 bits per heavy atom. The van der Waals surface area contributed by atoms with Crippen LogP contribution in [0, 0.1) is 13.8 Å². The summed E-state index contributed by atoms with van der Waals surface area (Å²) >= 11 is 0. The number of carbonyl (C=O) groups is 2. The van der Waals surface area contributed by atoms with Gasteiger partial charge in [-0.05, 0) is 53.8 Å². The van der Waals surface area contributed by atoms with Crippen molar-refractivity contribution in [2.75, 3.05) is 13.2 Å². The average Bonchev–Trinajstić information content (AvgIpc) is 2.52. The molecule has 0 saturated heterocycles. The zero-order valence-electron chi connectivity index (χ0n) is 14.6. The van der Waals surface area contributed by atoms with Crippen LogP contribution >= 0.6 is 0 Å². The van der Waals surface area contributed by atoms with Crippen molar-refractivity contribution in [3.05, 3.63) is 53.1 Å².